The lowest BCUT2D eigenvalue weighted by atomic mass is 9.96. The molecule has 0 heterocycles. The lowest BCUT2D eigenvalue weighted by Crippen LogP contribution is -2.32. The first-order valence-corrected chi connectivity index (χ1v) is 11.4. The number of nitrogens with zero attached hydrogens (tertiary/aromatic N) is 1. The number of esters is 1. The maximum absolute atomic E-state index is 13.3. The summed E-state index contributed by atoms with van der Waals surface area (Å²) >= 11 is 6.14. The highest BCUT2D eigenvalue weighted by molar-refractivity contribution is 7.92. The van der Waals surface area contributed by atoms with Gasteiger partial charge >= 0.3 is 5.97 Å². The fraction of sp³-hybridized carbons (Fsp3) is 0.273. The highest BCUT2D eigenvalue weighted by atomic mass is 35.5. The van der Waals surface area contributed by atoms with Crippen molar-refractivity contribution in [2.24, 2.45) is 0 Å². The van der Waals surface area contributed by atoms with Crippen LogP contribution in [0.5, 0.6) is 0 Å². The molecule has 6 nitrogen and oxygen atoms in total. The highest BCUT2D eigenvalue weighted by Crippen LogP contribution is 2.28. The van der Waals surface area contributed by atoms with Crippen molar-refractivity contribution in [1.82, 2.24) is 0 Å². The van der Waals surface area contributed by atoms with Crippen LogP contribution in [0, 0.1) is 0 Å². The summed E-state index contributed by atoms with van der Waals surface area (Å²) in [5.74, 6) is -0.942. The largest absolute Gasteiger partial charge is 0.451 e. The number of sulfonamides is 1. The standard InChI is InChI=1S/C22H22ClNO5S/c1-2-14-24(16-8-4-3-5-9-16)30(27,28)17-12-13-19(23)18(15-17)22(26)29-21-11-7-6-10-20(21)25/h2-5,8-9,12-13,15,21H,1,6-7,10-11,14H2. The Bertz CT molecular complexity index is 1050. The Hall–Kier alpha value is -2.64. The van der Waals surface area contributed by atoms with Gasteiger partial charge in [-0.05, 0) is 49.6 Å². The maximum atomic E-state index is 13.3. The smallest absolute Gasteiger partial charge is 0.340 e. The van der Waals surface area contributed by atoms with E-state index in [9.17, 15) is 18.0 Å². The second kappa shape index (κ2) is 9.45. The quantitative estimate of drug-likeness (QED) is 0.464. The average molecular weight is 448 g/mol. The molecule has 2 aromatic rings. The summed E-state index contributed by atoms with van der Waals surface area (Å²) in [5.41, 5.74) is 0.368. The minimum Gasteiger partial charge on any atom is -0.451 e. The number of hydrogen-bond donors (Lipinski definition) is 0. The van der Waals surface area contributed by atoms with Gasteiger partial charge in [0.25, 0.3) is 10.0 Å². The van der Waals surface area contributed by atoms with Gasteiger partial charge in [-0.1, -0.05) is 35.9 Å². The summed E-state index contributed by atoms with van der Waals surface area (Å²) in [6, 6.07) is 12.4. The number of anilines is 1. The van der Waals surface area contributed by atoms with E-state index in [4.69, 9.17) is 16.3 Å². The number of rotatable bonds is 7. The number of hydrogen-bond acceptors (Lipinski definition) is 5. The molecule has 1 fully saturated rings. The van der Waals surface area contributed by atoms with E-state index in [1.807, 2.05) is 0 Å². The van der Waals surface area contributed by atoms with E-state index in [0.29, 0.717) is 18.5 Å². The van der Waals surface area contributed by atoms with Crippen LogP contribution in [-0.2, 0) is 19.6 Å². The third-order valence-electron chi connectivity index (χ3n) is 4.83. The van der Waals surface area contributed by atoms with Crippen molar-refractivity contribution < 1.29 is 22.7 Å². The Morgan fingerprint density at radius 2 is 1.93 bits per heavy atom. The molecule has 0 radical (unpaired) electrons. The number of ether oxygens (including phenoxy) is 1. The lowest BCUT2D eigenvalue weighted by molar-refractivity contribution is -0.129. The predicted molar refractivity (Wildman–Crippen MR) is 115 cm³/mol. The number of ketones is 1. The molecule has 158 valence electrons. The third-order valence-corrected chi connectivity index (χ3v) is 6.95. The molecule has 30 heavy (non-hydrogen) atoms. The second-order valence-electron chi connectivity index (χ2n) is 6.91. The van der Waals surface area contributed by atoms with Gasteiger partial charge in [0.15, 0.2) is 11.9 Å². The lowest BCUT2D eigenvalue weighted by Gasteiger charge is -2.24. The summed E-state index contributed by atoms with van der Waals surface area (Å²) in [7, 11) is -4.00. The van der Waals surface area contributed by atoms with Crippen molar-refractivity contribution in [2.75, 3.05) is 10.8 Å². The Balaban J connectivity index is 1.93. The number of carbonyl (C=O) groups excluding carboxylic acids is 2. The fourth-order valence-electron chi connectivity index (χ4n) is 3.27. The molecule has 1 atom stereocenters. The Kier molecular flexibility index (Phi) is 6.95. The molecular formula is C22H22ClNO5S. The van der Waals surface area contributed by atoms with Crippen LogP contribution in [0.3, 0.4) is 0 Å². The summed E-state index contributed by atoms with van der Waals surface area (Å²) in [5, 5.41) is 0.0530. The van der Waals surface area contributed by atoms with Crippen molar-refractivity contribution in [3.63, 3.8) is 0 Å². The van der Waals surface area contributed by atoms with Crippen LogP contribution < -0.4 is 4.31 Å². The number of para-hydroxylation sites is 1. The van der Waals surface area contributed by atoms with E-state index in [2.05, 4.69) is 6.58 Å². The molecule has 0 N–H and O–H groups in total. The topological polar surface area (TPSA) is 80.8 Å². The second-order valence-corrected chi connectivity index (χ2v) is 9.18. The zero-order valence-electron chi connectivity index (χ0n) is 16.3. The van der Waals surface area contributed by atoms with Crippen LogP contribution in [0.2, 0.25) is 5.02 Å². The molecule has 1 aliphatic rings. The summed E-state index contributed by atoms with van der Waals surface area (Å²) in [6.45, 7) is 3.68. The molecule has 8 heteroatoms. The predicted octanol–water partition coefficient (Wildman–Crippen LogP) is 4.39. The van der Waals surface area contributed by atoms with Crippen LogP contribution in [0.1, 0.15) is 36.0 Å². The molecule has 1 unspecified atom stereocenters. The summed E-state index contributed by atoms with van der Waals surface area (Å²) < 4.78 is 33.1. The minimum absolute atomic E-state index is 0.0470. The van der Waals surface area contributed by atoms with Crippen LogP contribution >= 0.6 is 11.6 Å². The number of carbonyl (C=O) groups is 2. The molecule has 0 aliphatic heterocycles. The highest BCUT2D eigenvalue weighted by Gasteiger charge is 2.29. The van der Waals surface area contributed by atoms with Gasteiger partial charge in [-0.2, -0.15) is 0 Å². The normalized spacial score (nSPS) is 16.7. The third kappa shape index (κ3) is 4.74. The molecular weight excluding hydrogens is 426 g/mol. The molecule has 0 spiro atoms. The van der Waals surface area contributed by atoms with E-state index < -0.39 is 22.1 Å². The van der Waals surface area contributed by atoms with Gasteiger partial charge in [-0.15, -0.1) is 6.58 Å². The van der Waals surface area contributed by atoms with Gasteiger partial charge < -0.3 is 4.74 Å². The van der Waals surface area contributed by atoms with Gasteiger partial charge in [-0.3, -0.25) is 9.10 Å². The minimum atomic E-state index is -4.00. The maximum Gasteiger partial charge on any atom is 0.340 e. The Labute approximate surface area is 181 Å². The summed E-state index contributed by atoms with van der Waals surface area (Å²) in [6.07, 6.45) is 3.06. The van der Waals surface area contributed by atoms with E-state index in [1.165, 1.54) is 28.6 Å². The molecule has 0 amide bonds. The van der Waals surface area contributed by atoms with E-state index in [-0.39, 0.29) is 27.8 Å². The number of benzene rings is 2. The first-order valence-electron chi connectivity index (χ1n) is 9.56. The van der Waals surface area contributed by atoms with E-state index >= 15 is 0 Å². The van der Waals surface area contributed by atoms with Crippen LogP contribution in [0.25, 0.3) is 0 Å². The first kappa shape index (κ1) is 22.1. The first-order chi connectivity index (χ1) is 14.3. The van der Waals surface area contributed by atoms with Crippen molar-refractivity contribution in [1.29, 1.82) is 0 Å². The zero-order valence-corrected chi connectivity index (χ0v) is 17.9. The monoisotopic (exact) mass is 447 g/mol. The van der Waals surface area contributed by atoms with Crippen LogP contribution in [0.4, 0.5) is 5.69 Å². The van der Waals surface area contributed by atoms with Crippen molar-refractivity contribution in [2.45, 2.75) is 36.7 Å². The fourth-order valence-corrected chi connectivity index (χ4v) is 4.93. The molecule has 0 saturated heterocycles. The molecule has 1 aliphatic carbocycles. The van der Waals surface area contributed by atoms with Crippen molar-refractivity contribution in [3.8, 4) is 0 Å². The van der Waals surface area contributed by atoms with E-state index in [0.717, 1.165) is 12.8 Å². The molecule has 3 rings (SSSR count). The molecule has 2 aromatic carbocycles. The van der Waals surface area contributed by atoms with Gasteiger partial charge in [0.05, 0.1) is 27.7 Å². The van der Waals surface area contributed by atoms with Crippen LogP contribution in [0.15, 0.2) is 66.1 Å². The Morgan fingerprint density at radius 3 is 2.60 bits per heavy atom. The van der Waals surface area contributed by atoms with Gasteiger partial charge in [0, 0.05) is 6.42 Å². The Morgan fingerprint density at radius 1 is 1.20 bits per heavy atom. The molecule has 0 bridgehead atoms. The van der Waals surface area contributed by atoms with Gasteiger partial charge in [0.1, 0.15) is 0 Å². The number of Topliss-reactive ketones (excluding diaryl/α,β-unsaturated/α-hetero) is 1. The summed E-state index contributed by atoms with van der Waals surface area (Å²) in [4.78, 5) is 24.5. The van der Waals surface area contributed by atoms with Crippen LogP contribution in [-0.4, -0.2) is 32.8 Å². The number of halogens is 1. The average Bonchev–Trinajstić information content (AvgIpc) is 2.74. The SMILES string of the molecule is C=CCN(c1ccccc1)S(=O)(=O)c1ccc(Cl)c(C(=O)OC2CCCCC2=O)c1. The zero-order chi connectivity index (χ0) is 21.7. The molecule has 1 saturated carbocycles. The van der Waals surface area contributed by atoms with Gasteiger partial charge in [-0.25, -0.2) is 13.2 Å². The van der Waals surface area contributed by atoms with Crippen molar-refractivity contribution in [3.05, 3.63) is 71.8 Å². The molecule has 0 aromatic heterocycles. The van der Waals surface area contributed by atoms with Crippen molar-refractivity contribution >= 4 is 39.1 Å². The van der Waals surface area contributed by atoms with Gasteiger partial charge in [0.2, 0.25) is 0 Å². The van der Waals surface area contributed by atoms with E-state index in [1.54, 1.807) is 30.3 Å².